The molecule has 5 heteroatoms. The Bertz CT molecular complexity index is 644. The molecular weight excluding hydrogens is 366 g/mol. The number of nitrogens with one attached hydrogen (secondary N) is 1. The van der Waals surface area contributed by atoms with E-state index in [0.717, 1.165) is 15.8 Å². The smallest absolute Gasteiger partial charge is 0.224 e. The summed E-state index contributed by atoms with van der Waals surface area (Å²) in [7, 11) is 0. The SMILES string of the molecule is Cc1ccc(NC(=O)CCCOc2ccc(Br)cc2)c(Cl)c1. The molecule has 1 amide bonds. The number of hydrogen-bond acceptors (Lipinski definition) is 2. The second-order valence-corrected chi connectivity index (χ2v) is 6.26. The van der Waals surface area contributed by atoms with Crippen molar-refractivity contribution in [1.82, 2.24) is 0 Å². The lowest BCUT2D eigenvalue weighted by atomic mass is 10.2. The van der Waals surface area contributed by atoms with Crippen LogP contribution in [0.15, 0.2) is 46.9 Å². The summed E-state index contributed by atoms with van der Waals surface area (Å²) in [5.41, 5.74) is 1.71. The predicted octanol–water partition coefficient (Wildman–Crippen LogP) is 5.21. The van der Waals surface area contributed by atoms with E-state index >= 15 is 0 Å². The van der Waals surface area contributed by atoms with E-state index in [-0.39, 0.29) is 5.91 Å². The number of anilines is 1. The first-order valence-corrected chi connectivity index (χ1v) is 8.16. The Morgan fingerprint density at radius 1 is 1.23 bits per heavy atom. The van der Waals surface area contributed by atoms with Crippen LogP contribution >= 0.6 is 27.5 Å². The lowest BCUT2D eigenvalue weighted by molar-refractivity contribution is -0.116. The van der Waals surface area contributed by atoms with Gasteiger partial charge in [-0.25, -0.2) is 0 Å². The molecular formula is C17H17BrClNO2. The number of carbonyl (C=O) groups excluding carboxylic acids is 1. The Morgan fingerprint density at radius 3 is 2.64 bits per heavy atom. The van der Waals surface area contributed by atoms with Crippen molar-refractivity contribution in [3.8, 4) is 5.75 Å². The first kappa shape index (κ1) is 16.8. The number of hydrogen-bond donors (Lipinski definition) is 1. The summed E-state index contributed by atoms with van der Waals surface area (Å²) in [6.07, 6.45) is 1.03. The van der Waals surface area contributed by atoms with Gasteiger partial charge in [-0.05, 0) is 55.3 Å². The molecule has 3 nitrogen and oxygen atoms in total. The van der Waals surface area contributed by atoms with Crippen LogP contribution in [0.5, 0.6) is 5.75 Å². The number of halogens is 2. The third-order valence-electron chi connectivity index (χ3n) is 3.03. The molecule has 2 aromatic carbocycles. The van der Waals surface area contributed by atoms with Gasteiger partial charge in [0.25, 0.3) is 0 Å². The molecule has 0 fully saturated rings. The van der Waals surface area contributed by atoms with E-state index in [0.29, 0.717) is 30.2 Å². The second-order valence-electron chi connectivity index (χ2n) is 4.94. The molecule has 0 bridgehead atoms. The number of rotatable bonds is 6. The van der Waals surface area contributed by atoms with Gasteiger partial charge in [0.1, 0.15) is 5.75 Å². The van der Waals surface area contributed by atoms with Crippen LogP contribution in [0.4, 0.5) is 5.69 Å². The van der Waals surface area contributed by atoms with E-state index in [1.807, 2.05) is 49.4 Å². The van der Waals surface area contributed by atoms with Gasteiger partial charge < -0.3 is 10.1 Å². The third-order valence-corrected chi connectivity index (χ3v) is 3.87. The van der Waals surface area contributed by atoms with Crippen LogP contribution in [0.1, 0.15) is 18.4 Å². The highest BCUT2D eigenvalue weighted by atomic mass is 79.9. The zero-order chi connectivity index (χ0) is 15.9. The van der Waals surface area contributed by atoms with Crippen LogP contribution in [0.3, 0.4) is 0 Å². The molecule has 1 N–H and O–H groups in total. The summed E-state index contributed by atoms with van der Waals surface area (Å²) in [4.78, 5) is 11.9. The minimum atomic E-state index is -0.0647. The second kappa shape index (κ2) is 8.20. The van der Waals surface area contributed by atoms with E-state index in [9.17, 15) is 4.79 Å². The summed E-state index contributed by atoms with van der Waals surface area (Å²) >= 11 is 9.45. The molecule has 0 aliphatic carbocycles. The summed E-state index contributed by atoms with van der Waals surface area (Å²) < 4.78 is 6.58. The molecule has 2 aromatic rings. The van der Waals surface area contributed by atoms with Crippen LogP contribution < -0.4 is 10.1 Å². The van der Waals surface area contributed by atoms with Crippen LogP contribution in [0.25, 0.3) is 0 Å². The predicted molar refractivity (Wildman–Crippen MR) is 93.7 cm³/mol. The zero-order valence-electron chi connectivity index (χ0n) is 12.2. The molecule has 116 valence electrons. The Balaban J connectivity index is 1.72. The largest absolute Gasteiger partial charge is 0.494 e. The van der Waals surface area contributed by atoms with Crippen molar-refractivity contribution in [2.75, 3.05) is 11.9 Å². The van der Waals surface area contributed by atoms with Gasteiger partial charge in [0.15, 0.2) is 0 Å². The minimum absolute atomic E-state index is 0.0647. The quantitative estimate of drug-likeness (QED) is 0.697. The Kier molecular flexibility index (Phi) is 6.28. The van der Waals surface area contributed by atoms with Gasteiger partial charge in [0.2, 0.25) is 5.91 Å². The first-order valence-electron chi connectivity index (χ1n) is 6.99. The molecule has 0 aliphatic rings. The van der Waals surface area contributed by atoms with Gasteiger partial charge in [0, 0.05) is 10.9 Å². The molecule has 0 heterocycles. The average molecular weight is 383 g/mol. The fourth-order valence-corrected chi connectivity index (χ4v) is 2.43. The molecule has 0 spiro atoms. The van der Waals surface area contributed by atoms with Gasteiger partial charge >= 0.3 is 0 Å². The molecule has 0 aromatic heterocycles. The maximum Gasteiger partial charge on any atom is 0.224 e. The molecule has 0 aliphatic heterocycles. The van der Waals surface area contributed by atoms with E-state index < -0.39 is 0 Å². The topological polar surface area (TPSA) is 38.3 Å². The first-order chi connectivity index (χ1) is 10.5. The molecule has 0 unspecified atom stereocenters. The van der Waals surface area contributed by atoms with Crippen molar-refractivity contribution in [3.05, 3.63) is 57.5 Å². The third kappa shape index (κ3) is 5.35. The fourth-order valence-electron chi connectivity index (χ4n) is 1.89. The van der Waals surface area contributed by atoms with Crippen molar-refractivity contribution in [2.45, 2.75) is 19.8 Å². The lowest BCUT2D eigenvalue weighted by Crippen LogP contribution is -2.13. The molecule has 0 radical (unpaired) electrons. The number of carbonyl (C=O) groups is 1. The van der Waals surface area contributed by atoms with Crippen LogP contribution in [0, 0.1) is 6.92 Å². The minimum Gasteiger partial charge on any atom is -0.494 e. The normalized spacial score (nSPS) is 10.3. The van der Waals surface area contributed by atoms with Crippen molar-refractivity contribution in [2.24, 2.45) is 0 Å². The van der Waals surface area contributed by atoms with Crippen molar-refractivity contribution in [1.29, 1.82) is 0 Å². The lowest BCUT2D eigenvalue weighted by Gasteiger charge is -2.09. The van der Waals surface area contributed by atoms with E-state index in [4.69, 9.17) is 16.3 Å². The van der Waals surface area contributed by atoms with Gasteiger partial charge in [-0.1, -0.05) is 33.6 Å². The standard InChI is InChI=1S/C17H17BrClNO2/c1-12-4-9-16(15(19)11-12)20-17(21)3-2-10-22-14-7-5-13(18)6-8-14/h4-9,11H,2-3,10H2,1H3,(H,20,21). The van der Waals surface area contributed by atoms with Crippen molar-refractivity contribution in [3.63, 3.8) is 0 Å². The number of ether oxygens (including phenoxy) is 1. The molecule has 0 atom stereocenters. The van der Waals surface area contributed by atoms with Gasteiger partial charge in [-0.3, -0.25) is 4.79 Å². The highest BCUT2D eigenvalue weighted by molar-refractivity contribution is 9.10. The summed E-state index contributed by atoms with van der Waals surface area (Å²) in [5.74, 6) is 0.732. The molecule has 2 rings (SSSR count). The summed E-state index contributed by atoms with van der Waals surface area (Å²) in [5, 5.41) is 3.37. The summed E-state index contributed by atoms with van der Waals surface area (Å²) in [6, 6.07) is 13.2. The van der Waals surface area contributed by atoms with Crippen LogP contribution in [0.2, 0.25) is 5.02 Å². The van der Waals surface area contributed by atoms with Crippen molar-refractivity contribution < 1.29 is 9.53 Å². The zero-order valence-corrected chi connectivity index (χ0v) is 14.6. The highest BCUT2D eigenvalue weighted by Crippen LogP contribution is 2.23. The van der Waals surface area contributed by atoms with Crippen LogP contribution in [-0.2, 0) is 4.79 Å². The molecule has 0 saturated carbocycles. The van der Waals surface area contributed by atoms with Crippen molar-refractivity contribution >= 4 is 39.1 Å². The van der Waals surface area contributed by atoms with E-state index in [1.165, 1.54) is 0 Å². The molecule has 0 saturated heterocycles. The van der Waals surface area contributed by atoms with E-state index in [1.54, 1.807) is 0 Å². The van der Waals surface area contributed by atoms with Crippen LogP contribution in [-0.4, -0.2) is 12.5 Å². The average Bonchev–Trinajstić information content (AvgIpc) is 2.48. The Morgan fingerprint density at radius 2 is 1.95 bits per heavy atom. The monoisotopic (exact) mass is 381 g/mol. The fraction of sp³-hybridized carbons (Fsp3) is 0.235. The number of benzene rings is 2. The van der Waals surface area contributed by atoms with Gasteiger partial charge in [-0.15, -0.1) is 0 Å². The van der Waals surface area contributed by atoms with Gasteiger partial charge in [-0.2, -0.15) is 0 Å². The number of amides is 1. The summed E-state index contributed by atoms with van der Waals surface area (Å²) in [6.45, 7) is 2.45. The number of aryl methyl sites for hydroxylation is 1. The highest BCUT2D eigenvalue weighted by Gasteiger charge is 2.06. The van der Waals surface area contributed by atoms with Gasteiger partial charge in [0.05, 0.1) is 17.3 Å². The molecule has 22 heavy (non-hydrogen) atoms. The maximum absolute atomic E-state index is 11.9. The Labute approximate surface area is 143 Å². The maximum atomic E-state index is 11.9. The van der Waals surface area contributed by atoms with E-state index in [2.05, 4.69) is 21.2 Å². The Hall–Kier alpha value is -1.52.